The smallest absolute Gasteiger partial charge is 0.410 e. The molecule has 30 heavy (non-hydrogen) atoms. The molecule has 0 aromatic heterocycles. The van der Waals surface area contributed by atoms with Crippen molar-refractivity contribution in [1.82, 2.24) is 20.4 Å². The Morgan fingerprint density at radius 1 is 1.33 bits per heavy atom. The molecule has 4 aliphatic rings. The molecule has 164 valence electrons. The van der Waals surface area contributed by atoms with E-state index in [1.807, 2.05) is 0 Å². The second kappa shape index (κ2) is 8.42. The van der Waals surface area contributed by atoms with Crippen LogP contribution in [-0.2, 0) is 14.3 Å². The van der Waals surface area contributed by atoms with Crippen molar-refractivity contribution < 1.29 is 19.1 Å². The van der Waals surface area contributed by atoms with Crippen molar-refractivity contribution in [3.8, 4) is 6.07 Å². The summed E-state index contributed by atoms with van der Waals surface area (Å²) < 4.78 is 5.74. The molecule has 3 saturated heterocycles. The summed E-state index contributed by atoms with van der Waals surface area (Å²) in [5, 5.41) is 15.0. The zero-order valence-electron chi connectivity index (χ0n) is 17.6. The van der Waals surface area contributed by atoms with Gasteiger partial charge in [-0.05, 0) is 57.4 Å². The monoisotopic (exact) mass is 417 g/mol. The number of rotatable bonds is 5. The molecule has 3 aliphatic heterocycles. The van der Waals surface area contributed by atoms with E-state index in [0.717, 1.165) is 38.8 Å². The lowest BCUT2D eigenvalue weighted by atomic mass is 9.98. The number of likely N-dealkylation sites (tertiary alicyclic amines) is 2. The Hall–Kier alpha value is -2.34. The molecular formula is C21H31N5O4. The Balaban J connectivity index is 1.36. The highest BCUT2D eigenvalue weighted by atomic mass is 16.6. The van der Waals surface area contributed by atoms with E-state index >= 15 is 0 Å². The minimum Gasteiger partial charge on any atom is -0.446 e. The molecule has 9 heteroatoms. The van der Waals surface area contributed by atoms with Crippen LogP contribution in [0.1, 0.15) is 44.9 Å². The fourth-order valence-corrected chi connectivity index (χ4v) is 4.90. The highest BCUT2D eigenvalue weighted by Crippen LogP contribution is 2.55. The van der Waals surface area contributed by atoms with Crippen molar-refractivity contribution in [3.05, 3.63) is 0 Å². The molecule has 0 aromatic carbocycles. The minimum absolute atomic E-state index is 0.0291. The number of nitriles is 1. The molecule has 1 spiro atoms. The molecule has 0 bridgehead atoms. The van der Waals surface area contributed by atoms with Gasteiger partial charge in [-0.15, -0.1) is 0 Å². The number of hydrogen-bond donors (Lipinski definition) is 2. The van der Waals surface area contributed by atoms with E-state index in [2.05, 4.69) is 28.7 Å². The highest BCUT2D eigenvalue weighted by molar-refractivity contribution is 5.87. The van der Waals surface area contributed by atoms with Gasteiger partial charge < -0.3 is 20.3 Å². The molecule has 2 N–H and O–H groups in total. The van der Waals surface area contributed by atoms with Crippen molar-refractivity contribution in [3.63, 3.8) is 0 Å². The number of piperidine rings is 1. The van der Waals surface area contributed by atoms with Crippen LogP contribution < -0.4 is 10.6 Å². The molecule has 4 fully saturated rings. The van der Waals surface area contributed by atoms with Crippen LogP contribution in [0.2, 0.25) is 0 Å². The molecule has 3 heterocycles. The van der Waals surface area contributed by atoms with E-state index in [1.165, 1.54) is 0 Å². The first-order valence-electron chi connectivity index (χ1n) is 11.0. The molecule has 3 amide bonds. The zero-order chi connectivity index (χ0) is 21.3. The first kappa shape index (κ1) is 20.9. The van der Waals surface area contributed by atoms with Crippen molar-refractivity contribution >= 4 is 17.9 Å². The van der Waals surface area contributed by atoms with Gasteiger partial charge in [0.25, 0.3) is 0 Å². The zero-order valence-corrected chi connectivity index (χ0v) is 17.6. The average Bonchev–Trinajstić information content (AvgIpc) is 3.18. The van der Waals surface area contributed by atoms with E-state index in [0.29, 0.717) is 32.4 Å². The lowest BCUT2D eigenvalue weighted by molar-refractivity contribution is -0.127. The third kappa shape index (κ3) is 4.53. The van der Waals surface area contributed by atoms with Gasteiger partial charge in [0.15, 0.2) is 0 Å². The van der Waals surface area contributed by atoms with E-state index < -0.39 is 18.2 Å². The third-order valence-corrected chi connectivity index (χ3v) is 7.09. The van der Waals surface area contributed by atoms with E-state index in [4.69, 9.17) is 4.74 Å². The quantitative estimate of drug-likeness (QED) is 0.677. The maximum atomic E-state index is 13.0. The maximum absolute atomic E-state index is 13.0. The summed E-state index contributed by atoms with van der Waals surface area (Å²) in [7, 11) is 2.05. The van der Waals surface area contributed by atoms with Gasteiger partial charge >= 0.3 is 6.09 Å². The topological polar surface area (TPSA) is 115 Å². The summed E-state index contributed by atoms with van der Waals surface area (Å²) in [5.74, 6) is -0.631. The predicted octanol–water partition coefficient (Wildman–Crippen LogP) is 0.606. The summed E-state index contributed by atoms with van der Waals surface area (Å²) in [5.41, 5.74) is 0.0291. The molecule has 0 radical (unpaired) electrons. The van der Waals surface area contributed by atoms with Gasteiger partial charge in [0.2, 0.25) is 11.8 Å². The number of carbonyl (C=O) groups is 3. The first-order valence-corrected chi connectivity index (χ1v) is 11.0. The van der Waals surface area contributed by atoms with Gasteiger partial charge in [0, 0.05) is 32.1 Å². The summed E-state index contributed by atoms with van der Waals surface area (Å²) in [6.07, 6.45) is 4.69. The Morgan fingerprint density at radius 3 is 2.67 bits per heavy atom. The largest absolute Gasteiger partial charge is 0.446 e. The van der Waals surface area contributed by atoms with Gasteiger partial charge in [-0.3, -0.25) is 14.5 Å². The number of hydrogen-bond acceptors (Lipinski definition) is 6. The van der Waals surface area contributed by atoms with E-state index in [1.54, 1.807) is 4.90 Å². The normalized spacial score (nSPS) is 29.3. The first-order chi connectivity index (χ1) is 14.4. The summed E-state index contributed by atoms with van der Waals surface area (Å²) in [6.45, 7) is 2.94. The van der Waals surface area contributed by atoms with Gasteiger partial charge in [0.05, 0.1) is 6.07 Å². The Bertz CT molecular complexity index is 738. The Kier molecular flexibility index (Phi) is 5.87. The second-order valence-corrected chi connectivity index (χ2v) is 9.44. The van der Waals surface area contributed by atoms with Crippen LogP contribution in [0.15, 0.2) is 0 Å². The molecule has 9 nitrogen and oxygen atoms in total. The van der Waals surface area contributed by atoms with E-state index in [9.17, 15) is 19.6 Å². The number of carbonyl (C=O) groups excluding carboxylic acids is 3. The summed E-state index contributed by atoms with van der Waals surface area (Å²) >= 11 is 0. The molecule has 4 rings (SSSR count). The van der Waals surface area contributed by atoms with Gasteiger partial charge in [-0.25, -0.2) is 4.79 Å². The second-order valence-electron chi connectivity index (χ2n) is 9.44. The van der Waals surface area contributed by atoms with E-state index in [-0.39, 0.29) is 29.3 Å². The van der Waals surface area contributed by atoms with Crippen LogP contribution in [0.3, 0.4) is 0 Å². The molecule has 1 saturated carbocycles. The minimum atomic E-state index is -0.742. The fraction of sp³-hybridized carbons (Fsp3) is 0.810. The number of nitrogens with zero attached hydrogens (tertiary/aromatic N) is 3. The van der Waals surface area contributed by atoms with Crippen LogP contribution in [0.5, 0.6) is 0 Å². The molecular weight excluding hydrogens is 386 g/mol. The van der Waals surface area contributed by atoms with Gasteiger partial charge in [-0.2, -0.15) is 5.26 Å². The van der Waals surface area contributed by atoms with Gasteiger partial charge in [0.1, 0.15) is 18.2 Å². The SMILES string of the molecule is CN1CCC(OC(=O)N2CC3(CC3)CC2C(=O)N[C@H](C#N)C[C@@H]2CCNC2=O)CC1. The predicted molar refractivity (Wildman–Crippen MR) is 107 cm³/mol. The molecule has 1 unspecified atom stereocenters. The van der Waals surface area contributed by atoms with Crippen LogP contribution in [0.4, 0.5) is 4.79 Å². The third-order valence-electron chi connectivity index (χ3n) is 7.09. The Morgan fingerprint density at radius 2 is 2.07 bits per heavy atom. The lowest BCUT2D eigenvalue weighted by Crippen LogP contribution is -2.50. The fourth-order valence-electron chi connectivity index (χ4n) is 4.90. The number of amides is 3. The van der Waals surface area contributed by atoms with Gasteiger partial charge in [-0.1, -0.05) is 0 Å². The number of nitrogens with one attached hydrogen (secondary N) is 2. The maximum Gasteiger partial charge on any atom is 0.410 e. The van der Waals surface area contributed by atoms with Crippen molar-refractivity contribution in [2.45, 2.75) is 63.1 Å². The van der Waals surface area contributed by atoms with Crippen LogP contribution in [0.25, 0.3) is 0 Å². The Labute approximate surface area is 177 Å². The average molecular weight is 418 g/mol. The number of ether oxygens (including phenoxy) is 1. The molecule has 0 aromatic rings. The molecule has 3 atom stereocenters. The van der Waals surface area contributed by atoms with Crippen molar-refractivity contribution in [2.75, 3.05) is 33.2 Å². The van der Waals surface area contributed by atoms with Crippen molar-refractivity contribution in [2.24, 2.45) is 11.3 Å². The summed E-state index contributed by atoms with van der Waals surface area (Å²) in [4.78, 5) is 41.5. The highest BCUT2D eigenvalue weighted by Gasteiger charge is 2.56. The molecule has 1 aliphatic carbocycles. The summed E-state index contributed by atoms with van der Waals surface area (Å²) in [6, 6.07) is 0.749. The van der Waals surface area contributed by atoms with Crippen molar-refractivity contribution in [1.29, 1.82) is 5.26 Å². The van der Waals surface area contributed by atoms with Crippen LogP contribution in [0, 0.1) is 22.7 Å². The van der Waals surface area contributed by atoms with Crippen LogP contribution >= 0.6 is 0 Å². The standard InChI is InChI=1S/C21H31N5O4/c1-25-8-3-16(4-9-25)30-20(29)26-13-21(5-6-21)11-17(26)19(28)24-15(12-22)10-14-2-7-23-18(14)27/h14-17H,2-11,13H2,1H3,(H,23,27)(H,24,28)/t14-,15-,17?/m0/s1. The lowest BCUT2D eigenvalue weighted by Gasteiger charge is -2.31. The van der Waals surface area contributed by atoms with Crippen LogP contribution in [-0.4, -0.2) is 79.1 Å².